The number of benzene rings is 2. The molecule has 0 saturated carbocycles. The van der Waals surface area contributed by atoms with Gasteiger partial charge in [-0.15, -0.1) is 10.2 Å². The van der Waals surface area contributed by atoms with E-state index in [1.165, 1.54) is 22.3 Å². The number of amides is 1. The van der Waals surface area contributed by atoms with Crippen molar-refractivity contribution in [3.05, 3.63) is 71.3 Å². The zero-order valence-electron chi connectivity index (χ0n) is 20.2. The Hall–Kier alpha value is -2.99. The zero-order chi connectivity index (χ0) is 23.4. The topological polar surface area (TPSA) is 63.1 Å². The number of carbonyl (C=O) groups is 1. The van der Waals surface area contributed by atoms with Gasteiger partial charge < -0.3 is 9.88 Å². The van der Waals surface area contributed by atoms with Gasteiger partial charge in [-0.1, -0.05) is 69.3 Å². The van der Waals surface area contributed by atoms with Gasteiger partial charge in [0.15, 0.2) is 5.82 Å². The van der Waals surface area contributed by atoms with Gasteiger partial charge in [0.05, 0.1) is 6.04 Å². The first-order chi connectivity index (χ1) is 16.0. The summed E-state index contributed by atoms with van der Waals surface area (Å²) in [5, 5.41) is 12.1. The molecule has 1 N–H and O–H groups in total. The fourth-order valence-corrected chi connectivity index (χ4v) is 4.53. The molecule has 2 heterocycles. The van der Waals surface area contributed by atoms with Gasteiger partial charge in [0.2, 0.25) is 5.91 Å². The lowest BCUT2D eigenvalue weighted by molar-refractivity contribution is -0.121. The van der Waals surface area contributed by atoms with E-state index in [0.29, 0.717) is 6.42 Å². The third kappa shape index (κ3) is 5.33. The average Bonchev–Trinajstić information content (AvgIpc) is 3.11. The number of hydrogen-bond acceptors (Lipinski definition) is 4. The second-order valence-electron chi connectivity index (χ2n) is 9.31. The van der Waals surface area contributed by atoms with Crippen molar-refractivity contribution in [2.45, 2.75) is 59.7 Å². The van der Waals surface area contributed by atoms with Crippen molar-refractivity contribution < 1.29 is 4.79 Å². The summed E-state index contributed by atoms with van der Waals surface area (Å²) in [5.74, 6) is 2.19. The molecular weight excluding hydrogens is 410 g/mol. The van der Waals surface area contributed by atoms with Crippen molar-refractivity contribution in [2.75, 3.05) is 13.1 Å². The molecule has 174 valence electrons. The number of rotatable bonds is 7. The molecule has 6 heteroatoms. The van der Waals surface area contributed by atoms with Crippen LogP contribution in [0.2, 0.25) is 0 Å². The predicted molar refractivity (Wildman–Crippen MR) is 132 cm³/mol. The van der Waals surface area contributed by atoms with Crippen LogP contribution in [0.4, 0.5) is 0 Å². The fourth-order valence-electron chi connectivity index (χ4n) is 4.53. The Morgan fingerprint density at radius 1 is 1.03 bits per heavy atom. The van der Waals surface area contributed by atoms with E-state index in [0.717, 1.165) is 44.2 Å². The van der Waals surface area contributed by atoms with Crippen molar-refractivity contribution in [3.63, 3.8) is 0 Å². The number of hydrogen-bond donors (Lipinski definition) is 1. The quantitative estimate of drug-likeness (QED) is 0.580. The SMILES string of the molecule is CCC(=O)NC(c1nnc2n1CCN(Cc1ccc(-c3ccccc3C)cc1)CC2)C(C)C. The van der Waals surface area contributed by atoms with Gasteiger partial charge in [-0.3, -0.25) is 9.69 Å². The van der Waals surface area contributed by atoms with Crippen LogP contribution in [0.5, 0.6) is 0 Å². The van der Waals surface area contributed by atoms with E-state index in [1.807, 2.05) is 6.92 Å². The molecule has 1 aliphatic rings. The second-order valence-corrected chi connectivity index (χ2v) is 9.31. The van der Waals surface area contributed by atoms with Crippen molar-refractivity contribution in [3.8, 4) is 11.1 Å². The highest BCUT2D eigenvalue weighted by atomic mass is 16.1. The van der Waals surface area contributed by atoms with Crippen LogP contribution in [0.25, 0.3) is 11.1 Å². The minimum Gasteiger partial charge on any atom is -0.346 e. The zero-order valence-corrected chi connectivity index (χ0v) is 20.2. The van der Waals surface area contributed by atoms with Crippen LogP contribution in [0.15, 0.2) is 48.5 Å². The third-order valence-electron chi connectivity index (χ3n) is 6.55. The number of fused-ring (bicyclic) bond motifs is 1. The van der Waals surface area contributed by atoms with E-state index < -0.39 is 0 Å². The lowest BCUT2D eigenvalue weighted by Gasteiger charge is -2.23. The summed E-state index contributed by atoms with van der Waals surface area (Å²) in [6.45, 7) is 11.9. The Labute approximate surface area is 197 Å². The summed E-state index contributed by atoms with van der Waals surface area (Å²) >= 11 is 0. The first-order valence-corrected chi connectivity index (χ1v) is 12.0. The lowest BCUT2D eigenvalue weighted by Crippen LogP contribution is -2.34. The van der Waals surface area contributed by atoms with Crippen molar-refractivity contribution >= 4 is 5.91 Å². The van der Waals surface area contributed by atoms with E-state index in [4.69, 9.17) is 0 Å². The minimum atomic E-state index is -0.112. The van der Waals surface area contributed by atoms with Crippen LogP contribution in [-0.4, -0.2) is 38.7 Å². The molecular formula is C27H35N5O. The van der Waals surface area contributed by atoms with E-state index in [2.05, 4.69) is 94.3 Å². The Morgan fingerprint density at radius 3 is 2.48 bits per heavy atom. The van der Waals surface area contributed by atoms with Gasteiger partial charge in [0.1, 0.15) is 5.82 Å². The maximum Gasteiger partial charge on any atom is 0.220 e. The molecule has 1 unspecified atom stereocenters. The number of nitrogens with one attached hydrogen (secondary N) is 1. The molecule has 0 radical (unpaired) electrons. The molecule has 1 amide bonds. The standard InChI is InChI=1S/C27H35N5O/c1-5-25(33)28-26(19(2)3)27-30-29-24-14-15-31(16-17-32(24)27)18-21-10-12-22(13-11-21)23-9-7-6-8-20(23)4/h6-13,19,26H,5,14-18H2,1-4H3,(H,28,33). The summed E-state index contributed by atoms with van der Waals surface area (Å²) in [6.07, 6.45) is 1.33. The molecule has 0 saturated heterocycles. The third-order valence-corrected chi connectivity index (χ3v) is 6.55. The molecule has 1 atom stereocenters. The average molecular weight is 446 g/mol. The fraction of sp³-hybridized carbons (Fsp3) is 0.444. The summed E-state index contributed by atoms with van der Waals surface area (Å²) < 4.78 is 2.22. The molecule has 1 aromatic heterocycles. The molecule has 2 aromatic carbocycles. The highest BCUT2D eigenvalue weighted by Gasteiger charge is 2.27. The molecule has 0 bridgehead atoms. The number of aromatic nitrogens is 3. The first kappa shape index (κ1) is 23.2. The van der Waals surface area contributed by atoms with Crippen LogP contribution in [0.3, 0.4) is 0 Å². The summed E-state index contributed by atoms with van der Waals surface area (Å²) in [6, 6.07) is 17.3. The van der Waals surface area contributed by atoms with Gasteiger partial charge in [-0.25, -0.2) is 0 Å². The van der Waals surface area contributed by atoms with Gasteiger partial charge >= 0.3 is 0 Å². The molecule has 0 fully saturated rings. The molecule has 33 heavy (non-hydrogen) atoms. The summed E-state index contributed by atoms with van der Waals surface area (Å²) in [7, 11) is 0. The Morgan fingerprint density at radius 2 is 1.79 bits per heavy atom. The number of nitrogens with zero attached hydrogens (tertiary/aromatic N) is 4. The van der Waals surface area contributed by atoms with Crippen LogP contribution in [-0.2, 0) is 24.3 Å². The monoisotopic (exact) mass is 445 g/mol. The highest BCUT2D eigenvalue weighted by molar-refractivity contribution is 5.76. The van der Waals surface area contributed by atoms with Crippen molar-refractivity contribution in [2.24, 2.45) is 5.92 Å². The van der Waals surface area contributed by atoms with Gasteiger partial charge in [-0.05, 0) is 35.1 Å². The van der Waals surface area contributed by atoms with Crippen LogP contribution >= 0.6 is 0 Å². The molecule has 0 spiro atoms. The van der Waals surface area contributed by atoms with Gasteiger partial charge in [0, 0.05) is 39.0 Å². The van der Waals surface area contributed by atoms with Crippen LogP contribution in [0.1, 0.15) is 56.0 Å². The van der Waals surface area contributed by atoms with Crippen LogP contribution < -0.4 is 5.32 Å². The number of carbonyl (C=O) groups excluding carboxylic acids is 1. The minimum absolute atomic E-state index is 0.0513. The largest absolute Gasteiger partial charge is 0.346 e. The van der Waals surface area contributed by atoms with E-state index in [9.17, 15) is 4.79 Å². The van der Waals surface area contributed by atoms with Crippen molar-refractivity contribution in [1.82, 2.24) is 25.0 Å². The molecule has 6 nitrogen and oxygen atoms in total. The van der Waals surface area contributed by atoms with Gasteiger partial charge in [0.25, 0.3) is 0 Å². The molecule has 3 aromatic rings. The first-order valence-electron chi connectivity index (χ1n) is 12.0. The smallest absolute Gasteiger partial charge is 0.220 e. The van der Waals surface area contributed by atoms with E-state index >= 15 is 0 Å². The molecule has 4 rings (SSSR count). The molecule has 1 aliphatic heterocycles. The Kier molecular flexibility index (Phi) is 7.23. The maximum atomic E-state index is 12.1. The Balaban J connectivity index is 1.43. The maximum absolute atomic E-state index is 12.1. The summed E-state index contributed by atoms with van der Waals surface area (Å²) in [4.78, 5) is 14.6. The summed E-state index contributed by atoms with van der Waals surface area (Å²) in [5.41, 5.74) is 5.17. The molecule has 0 aliphatic carbocycles. The number of aryl methyl sites for hydroxylation is 1. The lowest BCUT2D eigenvalue weighted by atomic mass is 9.99. The highest BCUT2D eigenvalue weighted by Crippen LogP contribution is 2.25. The van der Waals surface area contributed by atoms with Crippen molar-refractivity contribution in [1.29, 1.82) is 0 Å². The Bertz CT molecular complexity index is 1090. The van der Waals surface area contributed by atoms with Gasteiger partial charge in [-0.2, -0.15) is 0 Å². The van der Waals surface area contributed by atoms with Crippen LogP contribution in [0, 0.1) is 12.8 Å². The van der Waals surface area contributed by atoms with E-state index in [-0.39, 0.29) is 17.9 Å². The normalized spacial score (nSPS) is 15.2. The predicted octanol–water partition coefficient (Wildman–Crippen LogP) is 4.54. The second kappa shape index (κ2) is 10.3. The van der Waals surface area contributed by atoms with E-state index in [1.54, 1.807) is 0 Å².